The van der Waals surface area contributed by atoms with Crippen LogP contribution in [0.4, 0.5) is 0 Å². The molecule has 2 N–H and O–H groups in total. The fourth-order valence-electron chi connectivity index (χ4n) is 7.72. The molecule has 7 nitrogen and oxygen atoms in total. The molecule has 2 aliphatic heterocycles. The van der Waals surface area contributed by atoms with Crippen LogP contribution in [0.15, 0.2) is 49.1 Å². The fraction of sp³-hybridized carbons (Fsp3) is 0.448. The van der Waals surface area contributed by atoms with Gasteiger partial charge in [0.05, 0.1) is 17.1 Å². The SMILES string of the molecule is C=CCN1CC[C@]23c4c5ccc(O)c4O[C@H]2[C@H](N(C(C)=O)C(=O)c2ccccc2C)CC[C@@]3(O)[C@H]1C5. The Morgan fingerprint density at radius 2 is 2.03 bits per heavy atom. The summed E-state index contributed by atoms with van der Waals surface area (Å²) >= 11 is 0. The van der Waals surface area contributed by atoms with Crippen molar-refractivity contribution in [2.75, 3.05) is 13.1 Å². The molecule has 1 spiro atoms. The number of carbonyl (C=O) groups is 2. The average molecular weight is 489 g/mol. The first kappa shape index (κ1) is 23.3. The number of hydrogen-bond acceptors (Lipinski definition) is 6. The molecule has 6 rings (SSSR count). The molecular formula is C29H32N2O5. The highest BCUT2D eigenvalue weighted by Gasteiger charge is 2.73. The summed E-state index contributed by atoms with van der Waals surface area (Å²) in [5.74, 6) is -0.279. The summed E-state index contributed by atoms with van der Waals surface area (Å²) in [6.07, 6.45) is 3.31. The van der Waals surface area contributed by atoms with E-state index in [0.717, 1.165) is 23.2 Å². The molecule has 2 fully saturated rings. The van der Waals surface area contributed by atoms with Crippen molar-refractivity contribution in [1.82, 2.24) is 9.80 Å². The lowest BCUT2D eigenvalue weighted by Crippen LogP contribution is -2.78. The van der Waals surface area contributed by atoms with Crippen LogP contribution in [0.25, 0.3) is 0 Å². The van der Waals surface area contributed by atoms with Crippen molar-refractivity contribution in [1.29, 1.82) is 0 Å². The quantitative estimate of drug-likeness (QED) is 0.643. The van der Waals surface area contributed by atoms with E-state index < -0.39 is 23.2 Å². The van der Waals surface area contributed by atoms with E-state index in [-0.39, 0.29) is 23.6 Å². The summed E-state index contributed by atoms with van der Waals surface area (Å²) < 4.78 is 6.54. The first-order chi connectivity index (χ1) is 17.2. The zero-order valence-corrected chi connectivity index (χ0v) is 20.7. The van der Waals surface area contributed by atoms with E-state index in [1.807, 2.05) is 31.2 Å². The number of amides is 2. The number of phenols is 1. The molecule has 2 amide bonds. The van der Waals surface area contributed by atoms with Crippen LogP contribution in [0.5, 0.6) is 11.5 Å². The molecule has 0 aromatic heterocycles. The number of rotatable bonds is 4. The lowest BCUT2D eigenvalue weighted by Gasteiger charge is -2.64. The number of aromatic hydroxyl groups is 1. The van der Waals surface area contributed by atoms with Gasteiger partial charge in [-0.25, -0.2) is 0 Å². The predicted molar refractivity (Wildman–Crippen MR) is 134 cm³/mol. The van der Waals surface area contributed by atoms with Gasteiger partial charge >= 0.3 is 0 Å². The summed E-state index contributed by atoms with van der Waals surface area (Å²) in [6.45, 7) is 8.58. The van der Waals surface area contributed by atoms with E-state index in [2.05, 4.69) is 11.5 Å². The molecule has 36 heavy (non-hydrogen) atoms. The third-order valence-electron chi connectivity index (χ3n) is 9.17. The van der Waals surface area contributed by atoms with Gasteiger partial charge in [0, 0.05) is 30.6 Å². The van der Waals surface area contributed by atoms with Gasteiger partial charge in [-0.2, -0.15) is 0 Å². The lowest BCUT2D eigenvalue weighted by atomic mass is 9.48. The van der Waals surface area contributed by atoms with Crippen LogP contribution in [0, 0.1) is 6.92 Å². The van der Waals surface area contributed by atoms with Gasteiger partial charge in [0.15, 0.2) is 11.5 Å². The standard InChI is InChI=1S/C29H32N2O5/c1-4-14-30-15-13-28-24-19-9-10-22(33)25(24)36-26(28)21(11-12-29(28,35)23(30)16-19)31(18(3)32)27(34)20-8-6-5-7-17(20)2/h4-10,21,23,26,33,35H,1,11-16H2,2-3H3/t21-,23-,26+,28+,29-/m1/s1. The van der Waals surface area contributed by atoms with E-state index in [1.165, 1.54) is 11.8 Å². The Kier molecular flexibility index (Phi) is 5.11. The van der Waals surface area contributed by atoms with Crippen molar-refractivity contribution >= 4 is 11.8 Å². The number of nitrogens with zero attached hydrogens (tertiary/aromatic N) is 2. The number of likely N-dealkylation sites (tertiary alicyclic amines) is 1. The molecule has 2 bridgehead atoms. The fourth-order valence-corrected chi connectivity index (χ4v) is 7.72. The van der Waals surface area contributed by atoms with Gasteiger partial charge in [-0.05, 0) is 62.4 Å². The molecule has 2 aromatic carbocycles. The second-order valence-electron chi connectivity index (χ2n) is 10.8. The highest BCUT2D eigenvalue weighted by Crippen LogP contribution is 2.65. The van der Waals surface area contributed by atoms with Crippen molar-refractivity contribution in [2.45, 2.75) is 68.7 Å². The van der Waals surface area contributed by atoms with E-state index in [4.69, 9.17) is 4.74 Å². The first-order valence-electron chi connectivity index (χ1n) is 12.7. The van der Waals surface area contributed by atoms with Crippen LogP contribution < -0.4 is 4.74 Å². The van der Waals surface area contributed by atoms with Crippen LogP contribution in [0.1, 0.15) is 53.2 Å². The molecule has 5 atom stereocenters. The molecule has 1 saturated carbocycles. The number of carbonyl (C=O) groups excluding carboxylic acids is 2. The minimum Gasteiger partial charge on any atom is -0.504 e. The second-order valence-corrected chi connectivity index (χ2v) is 10.8. The van der Waals surface area contributed by atoms with Gasteiger partial charge in [0.2, 0.25) is 5.91 Å². The Balaban J connectivity index is 1.51. The number of aryl methyl sites for hydroxylation is 1. The first-order valence-corrected chi connectivity index (χ1v) is 12.7. The van der Waals surface area contributed by atoms with E-state index in [0.29, 0.717) is 43.5 Å². The number of benzene rings is 2. The molecular weight excluding hydrogens is 456 g/mol. The summed E-state index contributed by atoms with van der Waals surface area (Å²) in [5.41, 5.74) is 1.25. The maximum absolute atomic E-state index is 13.8. The molecule has 188 valence electrons. The Bertz CT molecular complexity index is 1290. The summed E-state index contributed by atoms with van der Waals surface area (Å²) in [5, 5.41) is 23.3. The Labute approximate surface area is 211 Å². The van der Waals surface area contributed by atoms with Gasteiger partial charge in [-0.3, -0.25) is 19.4 Å². The van der Waals surface area contributed by atoms with Gasteiger partial charge in [-0.15, -0.1) is 6.58 Å². The second kappa shape index (κ2) is 7.92. The lowest BCUT2D eigenvalue weighted by molar-refractivity contribution is -0.197. The zero-order chi connectivity index (χ0) is 25.4. The van der Waals surface area contributed by atoms with Gasteiger partial charge in [0.25, 0.3) is 5.91 Å². The van der Waals surface area contributed by atoms with Crippen LogP contribution >= 0.6 is 0 Å². The highest BCUT2D eigenvalue weighted by molar-refractivity contribution is 6.05. The largest absolute Gasteiger partial charge is 0.504 e. The maximum atomic E-state index is 13.8. The van der Waals surface area contributed by atoms with E-state index in [1.54, 1.807) is 18.2 Å². The Morgan fingerprint density at radius 1 is 1.25 bits per heavy atom. The minimum atomic E-state index is -1.12. The van der Waals surface area contributed by atoms with Crippen molar-refractivity contribution < 1.29 is 24.5 Å². The predicted octanol–water partition coefficient (Wildman–Crippen LogP) is 3.10. The van der Waals surface area contributed by atoms with Crippen LogP contribution in [0.3, 0.4) is 0 Å². The average Bonchev–Trinajstić information content (AvgIpc) is 3.20. The zero-order valence-electron chi connectivity index (χ0n) is 20.7. The molecule has 2 aliphatic carbocycles. The topological polar surface area (TPSA) is 90.3 Å². The summed E-state index contributed by atoms with van der Waals surface area (Å²) in [6, 6.07) is 10.1. The number of hydrogen-bond donors (Lipinski definition) is 2. The number of phenolic OH excluding ortho intramolecular Hbond substituents is 1. The van der Waals surface area contributed by atoms with Gasteiger partial charge in [0.1, 0.15) is 6.10 Å². The highest BCUT2D eigenvalue weighted by atomic mass is 16.5. The molecule has 0 unspecified atom stereocenters. The normalized spacial score (nSPS) is 31.8. The van der Waals surface area contributed by atoms with Crippen LogP contribution in [-0.4, -0.2) is 68.7 Å². The minimum absolute atomic E-state index is 0.0326. The van der Waals surface area contributed by atoms with Crippen molar-refractivity contribution in [3.05, 3.63) is 71.3 Å². The smallest absolute Gasteiger partial charge is 0.261 e. The molecule has 2 aromatic rings. The molecule has 0 radical (unpaired) electrons. The number of aliphatic hydroxyl groups is 1. The van der Waals surface area contributed by atoms with Crippen LogP contribution in [-0.2, 0) is 16.6 Å². The number of ether oxygens (including phenoxy) is 1. The summed E-state index contributed by atoms with van der Waals surface area (Å²) in [4.78, 5) is 30.5. The van der Waals surface area contributed by atoms with Crippen LogP contribution in [0.2, 0.25) is 0 Å². The van der Waals surface area contributed by atoms with Gasteiger partial charge < -0.3 is 14.9 Å². The molecule has 7 heteroatoms. The third kappa shape index (κ3) is 2.81. The molecule has 4 aliphatic rings. The number of imide groups is 1. The molecule has 1 saturated heterocycles. The maximum Gasteiger partial charge on any atom is 0.261 e. The van der Waals surface area contributed by atoms with Gasteiger partial charge in [-0.1, -0.05) is 30.3 Å². The van der Waals surface area contributed by atoms with Crippen molar-refractivity contribution in [2.24, 2.45) is 0 Å². The molecule has 2 heterocycles. The van der Waals surface area contributed by atoms with E-state index in [9.17, 15) is 19.8 Å². The van der Waals surface area contributed by atoms with E-state index >= 15 is 0 Å². The van der Waals surface area contributed by atoms with Crippen molar-refractivity contribution in [3.63, 3.8) is 0 Å². The van der Waals surface area contributed by atoms with Crippen molar-refractivity contribution in [3.8, 4) is 11.5 Å². The third-order valence-corrected chi connectivity index (χ3v) is 9.17. The number of piperidine rings is 1. The Morgan fingerprint density at radius 3 is 2.75 bits per heavy atom. The summed E-state index contributed by atoms with van der Waals surface area (Å²) in [7, 11) is 0. The monoisotopic (exact) mass is 488 g/mol. The Hall–Kier alpha value is -3.16.